The van der Waals surface area contributed by atoms with Crippen molar-refractivity contribution in [3.63, 3.8) is 0 Å². The molecule has 0 heterocycles. The fraction of sp³-hybridized carbons (Fsp3) is 0.872. The molecule has 0 spiro atoms. The highest BCUT2D eigenvalue weighted by atomic mass is 16.6. The molecule has 0 aromatic rings. The van der Waals surface area contributed by atoms with Crippen molar-refractivity contribution in [2.24, 2.45) is 0 Å². The van der Waals surface area contributed by atoms with Crippen LogP contribution in [0.3, 0.4) is 0 Å². The van der Waals surface area contributed by atoms with Gasteiger partial charge in [0.1, 0.15) is 6.61 Å². The van der Waals surface area contributed by atoms with Crippen molar-refractivity contribution in [1.82, 2.24) is 0 Å². The van der Waals surface area contributed by atoms with Crippen LogP contribution in [0.5, 0.6) is 0 Å². The summed E-state index contributed by atoms with van der Waals surface area (Å²) in [6.45, 7) is 4.10. The number of rotatable bonds is 71. The Kier molecular flexibility index (Phi) is 72.2. The summed E-state index contributed by atoms with van der Waals surface area (Å²) in [5.41, 5.74) is 0. The minimum atomic E-state index is -0.771. The number of hydrogen-bond acceptors (Lipinski definition) is 5. The van der Waals surface area contributed by atoms with Crippen molar-refractivity contribution in [2.75, 3.05) is 13.2 Å². The topological polar surface area (TPSA) is 72.8 Å². The smallest absolute Gasteiger partial charge is 0.306 e. The lowest BCUT2D eigenvalue weighted by Gasteiger charge is -2.15. The van der Waals surface area contributed by atoms with Crippen LogP contribution in [0.4, 0.5) is 0 Å². The molecule has 0 saturated heterocycles. The second-order valence-electron chi connectivity index (χ2n) is 25.7. The van der Waals surface area contributed by atoms with Crippen LogP contribution < -0.4 is 0 Å². The van der Waals surface area contributed by atoms with E-state index in [2.05, 4.69) is 62.5 Å². The molecule has 0 aromatic heterocycles. The van der Waals surface area contributed by atoms with Gasteiger partial charge in [0.2, 0.25) is 0 Å². The molecule has 0 saturated carbocycles. The number of hydrogen-bond donors (Lipinski definition) is 1. The maximum absolute atomic E-state index is 12.4. The molecule has 0 fully saturated rings. The molecule has 83 heavy (non-hydrogen) atoms. The van der Waals surface area contributed by atoms with Crippen molar-refractivity contribution in [3.05, 3.63) is 48.6 Å². The van der Waals surface area contributed by atoms with Crippen molar-refractivity contribution in [3.8, 4) is 0 Å². The molecule has 0 amide bonds. The molecule has 0 aliphatic heterocycles. The average molecular weight is 1160 g/mol. The molecule has 0 aromatic carbocycles. The van der Waals surface area contributed by atoms with Crippen LogP contribution in [-0.4, -0.2) is 36.4 Å². The number of allylic oxidation sites excluding steroid dienone is 8. The van der Waals surface area contributed by atoms with Crippen LogP contribution in [0.1, 0.15) is 418 Å². The van der Waals surface area contributed by atoms with E-state index >= 15 is 0 Å². The van der Waals surface area contributed by atoms with Gasteiger partial charge in [0, 0.05) is 12.8 Å². The molecule has 0 aliphatic rings. The Labute approximate surface area is 519 Å². The first-order chi connectivity index (χ1) is 41.1. The lowest BCUT2D eigenvalue weighted by molar-refractivity contribution is -0.161. The molecular weight excluding hydrogens is 1020 g/mol. The number of unbranched alkanes of at least 4 members (excludes halogenated alkanes) is 55. The Balaban J connectivity index is 3.36. The molecule has 0 rings (SSSR count). The maximum Gasteiger partial charge on any atom is 0.306 e. The van der Waals surface area contributed by atoms with Crippen molar-refractivity contribution >= 4 is 11.9 Å². The quantitative estimate of drug-likeness (QED) is 0.0373. The Hall–Kier alpha value is -2.14. The van der Waals surface area contributed by atoms with E-state index in [1.54, 1.807) is 0 Å². The lowest BCUT2D eigenvalue weighted by Crippen LogP contribution is -2.28. The van der Waals surface area contributed by atoms with Gasteiger partial charge in [0.25, 0.3) is 0 Å². The molecule has 0 radical (unpaired) electrons. The lowest BCUT2D eigenvalue weighted by atomic mass is 10.0. The maximum atomic E-state index is 12.4. The van der Waals surface area contributed by atoms with Crippen LogP contribution in [0.2, 0.25) is 0 Å². The van der Waals surface area contributed by atoms with E-state index in [0.717, 1.165) is 57.8 Å². The number of aliphatic hydroxyl groups is 1. The molecule has 1 N–H and O–H groups in total. The van der Waals surface area contributed by atoms with Gasteiger partial charge in [-0.25, -0.2) is 0 Å². The molecule has 0 bridgehead atoms. The minimum Gasteiger partial charge on any atom is -0.462 e. The largest absolute Gasteiger partial charge is 0.462 e. The van der Waals surface area contributed by atoms with Crippen LogP contribution in [0.25, 0.3) is 0 Å². The van der Waals surface area contributed by atoms with Gasteiger partial charge in [0.15, 0.2) is 6.10 Å². The van der Waals surface area contributed by atoms with Gasteiger partial charge in [0.05, 0.1) is 6.61 Å². The Morgan fingerprint density at radius 3 is 0.783 bits per heavy atom. The fourth-order valence-corrected chi connectivity index (χ4v) is 11.8. The van der Waals surface area contributed by atoms with E-state index in [-0.39, 0.29) is 25.2 Å². The second kappa shape index (κ2) is 74.1. The average Bonchev–Trinajstić information content (AvgIpc) is 3.49. The highest BCUT2D eigenvalue weighted by Crippen LogP contribution is 2.20. The second-order valence-corrected chi connectivity index (χ2v) is 25.7. The number of ether oxygens (including phenoxy) is 2. The summed E-state index contributed by atoms with van der Waals surface area (Å²) in [4.78, 5) is 24.7. The van der Waals surface area contributed by atoms with Crippen molar-refractivity contribution < 1.29 is 24.2 Å². The zero-order valence-corrected chi connectivity index (χ0v) is 56.2. The molecule has 5 nitrogen and oxygen atoms in total. The van der Waals surface area contributed by atoms with E-state index in [4.69, 9.17) is 9.47 Å². The van der Waals surface area contributed by atoms with E-state index in [0.29, 0.717) is 12.8 Å². The van der Waals surface area contributed by atoms with E-state index < -0.39 is 6.10 Å². The van der Waals surface area contributed by atoms with Gasteiger partial charge in [-0.2, -0.15) is 0 Å². The van der Waals surface area contributed by atoms with Crippen LogP contribution in [0, 0.1) is 0 Å². The zero-order chi connectivity index (χ0) is 59.8. The normalized spacial score (nSPS) is 12.4. The van der Waals surface area contributed by atoms with E-state index in [9.17, 15) is 14.7 Å². The summed E-state index contributed by atoms with van der Waals surface area (Å²) in [5, 5.41) is 9.71. The summed E-state index contributed by atoms with van der Waals surface area (Å²) in [7, 11) is 0. The van der Waals surface area contributed by atoms with Gasteiger partial charge in [-0.1, -0.05) is 403 Å². The van der Waals surface area contributed by atoms with E-state index in [1.165, 1.54) is 334 Å². The summed E-state index contributed by atoms with van der Waals surface area (Å²) in [6.07, 6.45) is 100. The van der Waals surface area contributed by atoms with Gasteiger partial charge < -0.3 is 14.6 Å². The number of carbonyl (C=O) groups excluding carboxylic acids is 2. The summed E-state index contributed by atoms with van der Waals surface area (Å²) >= 11 is 0. The third-order valence-electron chi connectivity index (χ3n) is 17.4. The Morgan fingerprint density at radius 1 is 0.289 bits per heavy atom. The van der Waals surface area contributed by atoms with Gasteiger partial charge in [-0.05, 0) is 51.4 Å². The van der Waals surface area contributed by atoms with Crippen LogP contribution in [-0.2, 0) is 19.1 Å². The molecular formula is C78H146O5. The fourth-order valence-electron chi connectivity index (χ4n) is 11.8. The molecule has 1 atom stereocenters. The molecule has 0 aliphatic carbocycles. The Bertz CT molecular complexity index is 1360. The summed E-state index contributed by atoms with van der Waals surface area (Å²) in [5.74, 6) is -0.566. The van der Waals surface area contributed by atoms with Crippen LogP contribution >= 0.6 is 0 Å². The van der Waals surface area contributed by atoms with Gasteiger partial charge in [-0.15, -0.1) is 0 Å². The number of carbonyl (C=O) groups is 2. The molecule has 488 valence electrons. The zero-order valence-electron chi connectivity index (χ0n) is 56.2. The Morgan fingerprint density at radius 2 is 0.518 bits per heavy atom. The third-order valence-corrected chi connectivity index (χ3v) is 17.4. The summed E-state index contributed by atoms with van der Waals surface area (Å²) < 4.78 is 10.8. The van der Waals surface area contributed by atoms with E-state index in [1.807, 2.05) is 0 Å². The third kappa shape index (κ3) is 72.2. The number of esters is 2. The SMILES string of the molecule is CC/C=C\C/C=C\C/C=C\C/C=C\CCCCCCCCCCCCCCCCCCCCC(=O)OC(CO)COC(=O)CCCCCCCCCCCCCCCCCCCCCCCCCCCCCCCCCCCCCCCC. The first kappa shape index (κ1) is 80.9. The molecule has 5 heteroatoms. The first-order valence-corrected chi connectivity index (χ1v) is 37.7. The standard InChI is InChI=1S/C78H146O5/c1-3-5-7-9-11-13-15-17-19-21-23-25-27-29-31-33-35-36-37-38-39-40-41-43-44-46-48-50-52-54-56-58-60-62-64-66-68-70-72-77(80)82-75-76(74-79)83-78(81)73-71-69-67-65-63-61-59-57-55-53-51-49-47-45-42-34-32-30-28-26-24-22-20-18-16-14-12-10-8-6-4-2/h6,8,12,14,18,20,24,26,76,79H,3-5,7,9-11,13,15-17,19,21-23,25,27-75H2,1-2H3/b8-6-,14-12-,20-18-,26-24-. The van der Waals surface area contributed by atoms with Crippen molar-refractivity contribution in [2.45, 2.75) is 424 Å². The molecule has 1 unspecified atom stereocenters. The van der Waals surface area contributed by atoms with Gasteiger partial charge >= 0.3 is 11.9 Å². The van der Waals surface area contributed by atoms with Crippen molar-refractivity contribution in [1.29, 1.82) is 0 Å². The van der Waals surface area contributed by atoms with Gasteiger partial charge in [-0.3, -0.25) is 9.59 Å². The summed E-state index contributed by atoms with van der Waals surface area (Å²) in [6, 6.07) is 0. The highest BCUT2D eigenvalue weighted by Gasteiger charge is 2.16. The van der Waals surface area contributed by atoms with Crippen LogP contribution in [0.15, 0.2) is 48.6 Å². The minimum absolute atomic E-state index is 0.0597. The highest BCUT2D eigenvalue weighted by molar-refractivity contribution is 5.70. The predicted molar refractivity (Wildman–Crippen MR) is 367 cm³/mol. The monoisotopic (exact) mass is 1160 g/mol. The first-order valence-electron chi connectivity index (χ1n) is 37.7. The number of aliphatic hydroxyl groups excluding tert-OH is 1. The predicted octanol–water partition coefficient (Wildman–Crippen LogP) is 26.3.